The van der Waals surface area contributed by atoms with E-state index in [4.69, 9.17) is 0 Å². The van der Waals surface area contributed by atoms with E-state index in [0.717, 1.165) is 37.3 Å². The van der Waals surface area contributed by atoms with Gasteiger partial charge in [0.25, 0.3) is 0 Å². The average molecular weight is 384 g/mol. The van der Waals surface area contributed by atoms with Gasteiger partial charge in [-0.3, -0.25) is 0 Å². The van der Waals surface area contributed by atoms with Crippen molar-refractivity contribution in [3.05, 3.63) is 89.6 Å². The summed E-state index contributed by atoms with van der Waals surface area (Å²) in [7, 11) is 0. The molecule has 1 aliphatic rings. The minimum absolute atomic E-state index is 0.294. The average Bonchev–Trinajstić information content (AvgIpc) is 3.43. The van der Waals surface area contributed by atoms with Gasteiger partial charge in [-0.1, -0.05) is 23.8 Å². The summed E-state index contributed by atoms with van der Waals surface area (Å²) in [5, 5.41) is 12.8. The van der Waals surface area contributed by atoms with Crippen molar-refractivity contribution in [2.24, 2.45) is 0 Å². The van der Waals surface area contributed by atoms with Gasteiger partial charge in [-0.25, -0.2) is 14.3 Å². The van der Waals surface area contributed by atoms with Gasteiger partial charge in [0.1, 0.15) is 0 Å². The molecule has 1 atom stereocenters. The summed E-state index contributed by atoms with van der Waals surface area (Å²) in [6.45, 7) is 2.92. The molecule has 4 aromatic rings. The van der Waals surface area contributed by atoms with Crippen molar-refractivity contribution in [3.8, 4) is 11.5 Å². The molecule has 3 heterocycles. The summed E-state index contributed by atoms with van der Waals surface area (Å²) < 4.78 is 3.92. The van der Waals surface area contributed by atoms with E-state index in [-0.39, 0.29) is 0 Å². The molecule has 0 saturated carbocycles. The summed E-state index contributed by atoms with van der Waals surface area (Å²) in [5.74, 6) is 0.883. The molecule has 6 nitrogen and oxygen atoms in total. The highest BCUT2D eigenvalue weighted by Gasteiger charge is 2.25. The standard InChI is InChI=1S/C23H24N6/c1-17-9-10-21(28-13-5-12-26-28)18(14-17)15-25-20-6-4-7-22-19(20)16-27-29(22)23-8-2-3-11-24-23/h2-3,5,8-14,16,20,25H,4,6-7,15H2,1H3. The minimum atomic E-state index is 0.294. The number of nitrogens with zero attached hydrogens (tertiary/aromatic N) is 5. The summed E-state index contributed by atoms with van der Waals surface area (Å²) >= 11 is 0. The van der Waals surface area contributed by atoms with Gasteiger partial charge < -0.3 is 5.32 Å². The lowest BCUT2D eigenvalue weighted by atomic mass is 9.92. The molecule has 5 rings (SSSR count). The van der Waals surface area contributed by atoms with Gasteiger partial charge in [-0.05, 0) is 56.0 Å². The Hall–Kier alpha value is -3.25. The van der Waals surface area contributed by atoms with E-state index in [1.54, 1.807) is 0 Å². The Labute approximate surface area is 170 Å². The molecule has 0 radical (unpaired) electrons. The lowest BCUT2D eigenvalue weighted by Crippen LogP contribution is -2.25. The van der Waals surface area contributed by atoms with E-state index in [0.29, 0.717) is 6.04 Å². The van der Waals surface area contributed by atoms with Gasteiger partial charge in [-0.15, -0.1) is 0 Å². The first-order valence-corrected chi connectivity index (χ1v) is 10.1. The lowest BCUT2D eigenvalue weighted by Gasteiger charge is -2.25. The number of pyridine rings is 1. The SMILES string of the molecule is Cc1ccc(-n2cccn2)c(CNC2CCCc3c2cnn3-c2ccccn2)c1. The number of aromatic nitrogens is 5. The molecule has 0 aliphatic heterocycles. The van der Waals surface area contributed by atoms with Crippen LogP contribution in [0.1, 0.15) is 41.3 Å². The summed E-state index contributed by atoms with van der Waals surface area (Å²) in [5.41, 5.74) is 6.18. The molecule has 29 heavy (non-hydrogen) atoms. The van der Waals surface area contributed by atoms with Gasteiger partial charge in [0.15, 0.2) is 5.82 Å². The third kappa shape index (κ3) is 3.47. The monoisotopic (exact) mass is 384 g/mol. The molecule has 6 heteroatoms. The van der Waals surface area contributed by atoms with E-state index in [1.807, 2.05) is 58.4 Å². The van der Waals surface area contributed by atoms with Crippen LogP contribution in [0.5, 0.6) is 0 Å². The maximum Gasteiger partial charge on any atom is 0.153 e. The Bertz CT molecular complexity index is 1100. The third-order valence-corrected chi connectivity index (χ3v) is 5.57. The van der Waals surface area contributed by atoms with Crippen LogP contribution in [0.4, 0.5) is 0 Å². The molecule has 0 bridgehead atoms. The highest BCUT2D eigenvalue weighted by atomic mass is 15.3. The van der Waals surface area contributed by atoms with E-state index in [2.05, 4.69) is 45.6 Å². The normalized spacial score (nSPS) is 16.0. The van der Waals surface area contributed by atoms with E-state index in [9.17, 15) is 0 Å². The fourth-order valence-electron chi connectivity index (χ4n) is 4.17. The molecule has 1 N–H and O–H groups in total. The number of nitrogens with one attached hydrogen (secondary N) is 1. The predicted molar refractivity (Wildman–Crippen MR) is 112 cm³/mol. The van der Waals surface area contributed by atoms with Crippen LogP contribution in [0.15, 0.2) is 67.3 Å². The van der Waals surface area contributed by atoms with Crippen molar-refractivity contribution >= 4 is 0 Å². The first-order valence-electron chi connectivity index (χ1n) is 10.1. The highest BCUT2D eigenvalue weighted by molar-refractivity contribution is 5.43. The number of fused-ring (bicyclic) bond motifs is 1. The maximum atomic E-state index is 4.65. The Balaban J connectivity index is 1.40. The molecule has 1 aromatic carbocycles. The van der Waals surface area contributed by atoms with Crippen LogP contribution in [-0.2, 0) is 13.0 Å². The number of hydrogen-bond donors (Lipinski definition) is 1. The van der Waals surface area contributed by atoms with Crippen LogP contribution in [0.25, 0.3) is 11.5 Å². The van der Waals surface area contributed by atoms with E-state index < -0.39 is 0 Å². The van der Waals surface area contributed by atoms with Crippen molar-refractivity contribution in [2.75, 3.05) is 0 Å². The Morgan fingerprint density at radius 1 is 1.10 bits per heavy atom. The van der Waals surface area contributed by atoms with Crippen molar-refractivity contribution in [1.82, 2.24) is 29.9 Å². The molecule has 146 valence electrons. The van der Waals surface area contributed by atoms with Gasteiger partial charge in [0, 0.05) is 36.7 Å². The Morgan fingerprint density at radius 2 is 2.07 bits per heavy atom. The number of rotatable bonds is 5. The molecule has 3 aromatic heterocycles. The zero-order chi connectivity index (χ0) is 19.6. The second-order valence-corrected chi connectivity index (χ2v) is 7.55. The molecule has 0 spiro atoms. The first-order chi connectivity index (χ1) is 14.3. The van der Waals surface area contributed by atoms with Crippen LogP contribution in [0, 0.1) is 6.92 Å². The lowest BCUT2D eigenvalue weighted by molar-refractivity contribution is 0.454. The van der Waals surface area contributed by atoms with Gasteiger partial charge in [0.05, 0.1) is 17.6 Å². The van der Waals surface area contributed by atoms with E-state index >= 15 is 0 Å². The van der Waals surface area contributed by atoms with Crippen molar-refractivity contribution in [1.29, 1.82) is 0 Å². The molecule has 0 saturated heterocycles. The van der Waals surface area contributed by atoms with Gasteiger partial charge in [0.2, 0.25) is 0 Å². The second-order valence-electron chi connectivity index (χ2n) is 7.55. The number of benzene rings is 1. The van der Waals surface area contributed by atoms with Gasteiger partial charge in [-0.2, -0.15) is 10.2 Å². The highest BCUT2D eigenvalue weighted by Crippen LogP contribution is 2.31. The van der Waals surface area contributed by atoms with E-state index in [1.165, 1.54) is 22.4 Å². The predicted octanol–water partition coefficient (Wildman–Crippen LogP) is 3.93. The smallest absolute Gasteiger partial charge is 0.153 e. The van der Waals surface area contributed by atoms with Crippen LogP contribution >= 0.6 is 0 Å². The molecular weight excluding hydrogens is 360 g/mol. The molecular formula is C23H24N6. The van der Waals surface area contributed by atoms with Crippen LogP contribution in [-0.4, -0.2) is 24.5 Å². The zero-order valence-electron chi connectivity index (χ0n) is 16.5. The van der Waals surface area contributed by atoms with Crippen LogP contribution < -0.4 is 5.32 Å². The Morgan fingerprint density at radius 3 is 2.90 bits per heavy atom. The second kappa shape index (κ2) is 7.64. The van der Waals surface area contributed by atoms with Crippen molar-refractivity contribution in [2.45, 2.75) is 38.8 Å². The fourth-order valence-corrected chi connectivity index (χ4v) is 4.17. The first kappa shape index (κ1) is 17.8. The third-order valence-electron chi connectivity index (χ3n) is 5.57. The maximum absolute atomic E-state index is 4.65. The number of aryl methyl sites for hydroxylation is 1. The van der Waals surface area contributed by atoms with Crippen LogP contribution in [0.3, 0.4) is 0 Å². The Kier molecular flexibility index (Phi) is 4.69. The fraction of sp³-hybridized carbons (Fsp3) is 0.261. The minimum Gasteiger partial charge on any atom is -0.306 e. The van der Waals surface area contributed by atoms with Crippen molar-refractivity contribution < 1.29 is 0 Å². The molecule has 0 fully saturated rings. The summed E-state index contributed by atoms with van der Waals surface area (Å²) in [4.78, 5) is 4.47. The zero-order valence-corrected chi connectivity index (χ0v) is 16.5. The summed E-state index contributed by atoms with van der Waals surface area (Å²) in [6, 6.07) is 14.7. The topological polar surface area (TPSA) is 60.6 Å². The molecule has 0 amide bonds. The van der Waals surface area contributed by atoms with Gasteiger partial charge >= 0.3 is 0 Å². The largest absolute Gasteiger partial charge is 0.306 e. The summed E-state index contributed by atoms with van der Waals surface area (Å²) in [6.07, 6.45) is 10.9. The van der Waals surface area contributed by atoms with Crippen LogP contribution in [0.2, 0.25) is 0 Å². The quantitative estimate of drug-likeness (QED) is 0.566. The number of hydrogen-bond acceptors (Lipinski definition) is 4. The molecule has 1 aliphatic carbocycles. The molecule has 1 unspecified atom stereocenters. The van der Waals surface area contributed by atoms with Crippen molar-refractivity contribution in [3.63, 3.8) is 0 Å².